The third-order valence-electron chi connectivity index (χ3n) is 2.53. The van der Waals surface area contributed by atoms with Gasteiger partial charge in [0.1, 0.15) is 0 Å². The van der Waals surface area contributed by atoms with Gasteiger partial charge in [-0.3, -0.25) is 0 Å². The minimum absolute atomic E-state index is 0.774. The Hall–Kier alpha value is -0.290. The summed E-state index contributed by atoms with van der Waals surface area (Å²) in [5.41, 5.74) is 2.51. The van der Waals surface area contributed by atoms with Gasteiger partial charge in [0.05, 0.1) is 0 Å². The van der Waals surface area contributed by atoms with Crippen molar-refractivity contribution in [3.8, 4) is 0 Å². The smallest absolute Gasteiger partial charge is 0.0406 e. The average Bonchev–Trinajstić information content (AvgIpc) is 2.35. The van der Waals surface area contributed by atoms with Gasteiger partial charge in [0.15, 0.2) is 0 Å². The fourth-order valence-electron chi connectivity index (χ4n) is 1.63. The molecule has 0 saturated carbocycles. The predicted octanol–water partition coefficient (Wildman–Crippen LogP) is 5.35. The van der Waals surface area contributed by atoms with E-state index in [9.17, 15) is 0 Å². The number of rotatable bonds is 4. The van der Waals surface area contributed by atoms with Gasteiger partial charge in [-0.2, -0.15) is 0 Å². The van der Waals surface area contributed by atoms with Crippen molar-refractivity contribution in [2.45, 2.75) is 13.1 Å². The monoisotopic (exact) mass is 391 g/mol. The number of hydrogen-bond donors (Lipinski definition) is 0. The second-order valence-electron chi connectivity index (χ2n) is 4.03. The summed E-state index contributed by atoms with van der Waals surface area (Å²) in [5, 5.41) is 1.55. The van der Waals surface area contributed by atoms with Gasteiger partial charge >= 0.3 is 0 Å². The maximum Gasteiger partial charge on any atom is 0.0406 e. The van der Waals surface area contributed by atoms with E-state index in [1.165, 1.54) is 11.1 Å². The molecule has 0 unspecified atom stereocenters. The highest BCUT2D eigenvalue weighted by Crippen LogP contribution is 2.17. The van der Waals surface area contributed by atoms with E-state index in [0.717, 1.165) is 23.1 Å². The summed E-state index contributed by atoms with van der Waals surface area (Å²) in [7, 11) is 0. The predicted molar refractivity (Wildman–Crippen MR) is 86.2 cm³/mol. The molecule has 0 aliphatic rings. The Morgan fingerprint density at radius 1 is 0.722 bits per heavy atom. The van der Waals surface area contributed by atoms with E-state index in [0.29, 0.717) is 0 Å². The molecule has 0 heterocycles. The SMILES string of the molecule is Clc1ccc(CN(I)Cc2ccc(Cl)cc2)cc1. The highest BCUT2D eigenvalue weighted by Gasteiger charge is 2.03. The topological polar surface area (TPSA) is 3.24 Å². The molecule has 1 nitrogen and oxygen atoms in total. The van der Waals surface area contributed by atoms with Crippen LogP contribution in [0.3, 0.4) is 0 Å². The van der Waals surface area contributed by atoms with Crippen LogP contribution in [0.5, 0.6) is 0 Å². The summed E-state index contributed by atoms with van der Waals surface area (Å²) < 4.78 is 2.23. The molecule has 0 fully saturated rings. The second kappa shape index (κ2) is 6.75. The minimum Gasteiger partial charge on any atom is -0.239 e. The van der Waals surface area contributed by atoms with E-state index in [1.807, 2.05) is 24.3 Å². The molecule has 0 aliphatic heterocycles. The Bertz CT molecular complexity index is 449. The van der Waals surface area contributed by atoms with Crippen LogP contribution in [-0.4, -0.2) is 3.11 Å². The van der Waals surface area contributed by atoms with Crippen molar-refractivity contribution < 1.29 is 0 Å². The standard InChI is InChI=1S/C14H12Cl2IN/c15-13-5-1-11(2-6-13)9-18(17)10-12-3-7-14(16)8-4-12/h1-8H,9-10H2. The molecule has 0 aromatic heterocycles. The van der Waals surface area contributed by atoms with Gasteiger partial charge in [-0.1, -0.05) is 47.5 Å². The quantitative estimate of drug-likeness (QED) is 0.501. The van der Waals surface area contributed by atoms with Crippen LogP contribution in [0, 0.1) is 0 Å². The van der Waals surface area contributed by atoms with Crippen molar-refractivity contribution in [1.82, 2.24) is 3.11 Å². The Balaban J connectivity index is 1.94. The van der Waals surface area contributed by atoms with Crippen LogP contribution < -0.4 is 0 Å². The lowest BCUT2D eigenvalue weighted by atomic mass is 10.2. The van der Waals surface area contributed by atoms with E-state index in [4.69, 9.17) is 23.2 Å². The van der Waals surface area contributed by atoms with Crippen LogP contribution in [0.25, 0.3) is 0 Å². The molecule has 0 radical (unpaired) electrons. The molecule has 94 valence electrons. The summed E-state index contributed by atoms with van der Waals surface area (Å²) in [4.78, 5) is 0. The summed E-state index contributed by atoms with van der Waals surface area (Å²) in [5.74, 6) is 0. The van der Waals surface area contributed by atoms with Crippen LogP contribution in [0.2, 0.25) is 10.0 Å². The first-order valence-electron chi connectivity index (χ1n) is 5.53. The average molecular weight is 392 g/mol. The molecular formula is C14H12Cl2IN. The van der Waals surface area contributed by atoms with Crippen molar-refractivity contribution >= 4 is 46.1 Å². The molecule has 0 bridgehead atoms. The summed E-state index contributed by atoms with van der Waals surface area (Å²) in [6, 6.07) is 15.9. The van der Waals surface area contributed by atoms with Crippen molar-refractivity contribution in [2.75, 3.05) is 0 Å². The third kappa shape index (κ3) is 4.43. The fourth-order valence-corrected chi connectivity index (χ4v) is 2.67. The van der Waals surface area contributed by atoms with E-state index < -0.39 is 0 Å². The number of nitrogens with zero attached hydrogens (tertiary/aromatic N) is 1. The van der Waals surface area contributed by atoms with Crippen LogP contribution in [0.15, 0.2) is 48.5 Å². The summed E-state index contributed by atoms with van der Waals surface area (Å²) in [6.07, 6.45) is 0. The first-order valence-corrected chi connectivity index (χ1v) is 7.25. The Kier molecular flexibility index (Phi) is 5.30. The first kappa shape index (κ1) is 14.1. The minimum atomic E-state index is 0.774. The molecule has 2 aromatic carbocycles. The maximum absolute atomic E-state index is 5.86. The van der Waals surface area contributed by atoms with E-state index in [1.54, 1.807) is 0 Å². The molecule has 0 N–H and O–H groups in total. The Morgan fingerprint density at radius 2 is 1.06 bits per heavy atom. The molecule has 0 spiro atoms. The normalized spacial score (nSPS) is 10.9. The van der Waals surface area contributed by atoms with Gasteiger partial charge in [0, 0.05) is 46.0 Å². The van der Waals surface area contributed by atoms with Crippen molar-refractivity contribution in [2.24, 2.45) is 0 Å². The Morgan fingerprint density at radius 3 is 1.39 bits per heavy atom. The lowest BCUT2D eigenvalue weighted by Gasteiger charge is -2.14. The zero-order valence-corrected chi connectivity index (χ0v) is 13.3. The van der Waals surface area contributed by atoms with Crippen LogP contribution in [0.4, 0.5) is 0 Å². The molecule has 0 amide bonds. The summed E-state index contributed by atoms with van der Waals surface area (Å²) in [6.45, 7) is 1.78. The van der Waals surface area contributed by atoms with Crippen molar-refractivity contribution in [3.05, 3.63) is 69.7 Å². The molecule has 0 atom stereocenters. The van der Waals surface area contributed by atoms with Gasteiger partial charge in [0.25, 0.3) is 0 Å². The molecule has 2 rings (SSSR count). The van der Waals surface area contributed by atoms with Crippen LogP contribution >= 0.6 is 46.1 Å². The largest absolute Gasteiger partial charge is 0.239 e. The fraction of sp³-hybridized carbons (Fsp3) is 0.143. The van der Waals surface area contributed by atoms with Crippen LogP contribution in [0.1, 0.15) is 11.1 Å². The lowest BCUT2D eigenvalue weighted by Crippen LogP contribution is -2.10. The van der Waals surface area contributed by atoms with Gasteiger partial charge < -0.3 is 0 Å². The van der Waals surface area contributed by atoms with E-state index in [-0.39, 0.29) is 0 Å². The van der Waals surface area contributed by atoms with Gasteiger partial charge in [-0.25, -0.2) is 3.11 Å². The van der Waals surface area contributed by atoms with Crippen molar-refractivity contribution in [1.29, 1.82) is 0 Å². The zero-order valence-electron chi connectivity index (χ0n) is 9.61. The summed E-state index contributed by atoms with van der Waals surface area (Å²) >= 11 is 14.1. The van der Waals surface area contributed by atoms with Gasteiger partial charge in [0.2, 0.25) is 0 Å². The van der Waals surface area contributed by atoms with Crippen molar-refractivity contribution in [3.63, 3.8) is 0 Å². The maximum atomic E-state index is 5.86. The molecule has 18 heavy (non-hydrogen) atoms. The van der Waals surface area contributed by atoms with Gasteiger partial charge in [-0.05, 0) is 35.4 Å². The molecule has 0 aliphatic carbocycles. The van der Waals surface area contributed by atoms with E-state index >= 15 is 0 Å². The number of hydrogen-bond acceptors (Lipinski definition) is 1. The zero-order chi connectivity index (χ0) is 13.0. The lowest BCUT2D eigenvalue weighted by molar-refractivity contribution is 0.503. The second-order valence-corrected chi connectivity index (χ2v) is 6.27. The first-order chi connectivity index (χ1) is 8.63. The van der Waals surface area contributed by atoms with Crippen LogP contribution in [-0.2, 0) is 13.1 Å². The Labute approximate surface area is 131 Å². The molecular weight excluding hydrogens is 380 g/mol. The van der Waals surface area contributed by atoms with Gasteiger partial charge in [-0.15, -0.1) is 0 Å². The molecule has 4 heteroatoms. The third-order valence-corrected chi connectivity index (χ3v) is 3.72. The van der Waals surface area contributed by atoms with E-state index in [2.05, 4.69) is 50.2 Å². The number of benzene rings is 2. The molecule has 0 saturated heterocycles. The molecule has 2 aromatic rings. The highest BCUT2D eigenvalue weighted by molar-refractivity contribution is 14.1. The highest BCUT2D eigenvalue weighted by atomic mass is 127. The number of halogens is 3.